The van der Waals surface area contributed by atoms with Gasteiger partial charge in [0.2, 0.25) is 0 Å². The maximum atomic E-state index is 12.4. The minimum absolute atomic E-state index is 0.0118. The van der Waals surface area contributed by atoms with Crippen molar-refractivity contribution in [3.8, 4) is 0 Å². The molecule has 0 aromatic carbocycles. The highest BCUT2D eigenvalue weighted by Gasteiger charge is 2.65. The number of hydrogen-bond donors (Lipinski definition) is 2. The predicted octanol–water partition coefficient (Wildman–Crippen LogP) is 2.85. The molecule has 1 amide bonds. The van der Waals surface area contributed by atoms with E-state index in [1.165, 1.54) is 0 Å². The Kier molecular flexibility index (Phi) is 3.53. The van der Waals surface area contributed by atoms with Crippen molar-refractivity contribution in [3.63, 3.8) is 0 Å². The molecule has 110 valence electrons. The Balaban J connectivity index is 2.18. The van der Waals surface area contributed by atoms with Crippen LogP contribution in [0.2, 0.25) is 0 Å². The third-order valence-corrected chi connectivity index (χ3v) is 5.06. The molecule has 1 saturated carbocycles. The number of pyridine rings is 1. The third kappa shape index (κ3) is 2.28. The van der Waals surface area contributed by atoms with Crippen molar-refractivity contribution in [2.75, 3.05) is 12.4 Å². The quantitative estimate of drug-likeness (QED) is 0.888. The molecule has 1 aliphatic carbocycles. The molecule has 0 bridgehead atoms. The molecule has 1 aliphatic rings. The Hall–Kier alpha value is -1.58. The fourth-order valence-corrected chi connectivity index (χ4v) is 2.80. The minimum Gasteiger partial charge on any atom is -0.373 e. The molecule has 4 nitrogen and oxygen atoms in total. The van der Waals surface area contributed by atoms with Gasteiger partial charge in [0.1, 0.15) is 5.82 Å². The Morgan fingerprint density at radius 1 is 1.25 bits per heavy atom. The Bertz CT molecular complexity index is 498. The zero-order valence-corrected chi connectivity index (χ0v) is 13.3. The number of aromatic nitrogens is 1. The van der Waals surface area contributed by atoms with E-state index in [0.29, 0.717) is 5.56 Å². The predicted molar refractivity (Wildman–Crippen MR) is 82.0 cm³/mol. The van der Waals surface area contributed by atoms with E-state index in [4.69, 9.17) is 0 Å². The molecule has 0 spiro atoms. The fourth-order valence-electron chi connectivity index (χ4n) is 2.80. The molecule has 2 rings (SSSR count). The van der Waals surface area contributed by atoms with Gasteiger partial charge in [-0.05, 0) is 29.4 Å². The molecule has 0 atom stereocenters. The van der Waals surface area contributed by atoms with Gasteiger partial charge in [0.25, 0.3) is 5.91 Å². The molecule has 20 heavy (non-hydrogen) atoms. The summed E-state index contributed by atoms with van der Waals surface area (Å²) in [5.74, 6) is 0.728. The summed E-state index contributed by atoms with van der Waals surface area (Å²) in [6.07, 6.45) is 0.816. The van der Waals surface area contributed by atoms with Crippen LogP contribution in [0.5, 0.6) is 0 Å². The van der Waals surface area contributed by atoms with Gasteiger partial charge in [-0.3, -0.25) is 4.79 Å². The maximum absolute atomic E-state index is 12.4. The van der Waals surface area contributed by atoms with E-state index in [2.05, 4.69) is 43.3 Å². The second-order valence-electron chi connectivity index (χ2n) is 6.69. The number of rotatable bonds is 4. The van der Waals surface area contributed by atoms with Crippen molar-refractivity contribution in [3.05, 3.63) is 23.4 Å². The molecule has 4 heteroatoms. The summed E-state index contributed by atoms with van der Waals surface area (Å²) in [4.78, 5) is 16.9. The number of nitrogens with zero attached hydrogens (tertiary/aromatic N) is 1. The van der Waals surface area contributed by atoms with Gasteiger partial charge in [-0.25, -0.2) is 4.98 Å². The molecular weight excluding hydrogens is 250 g/mol. The minimum atomic E-state index is -0.0118. The normalized spacial score (nSPS) is 19.5. The first kappa shape index (κ1) is 14.8. The second-order valence-corrected chi connectivity index (χ2v) is 6.69. The topological polar surface area (TPSA) is 54.0 Å². The van der Waals surface area contributed by atoms with E-state index in [1.807, 2.05) is 20.0 Å². The van der Waals surface area contributed by atoms with E-state index in [0.717, 1.165) is 17.9 Å². The standard InChI is InChI=1S/C16H25N3O/c1-7-11-8-10(9-12(17-6)18-11)13(20)19-14-15(2,3)16(14,4)5/h8-9,14H,7H2,1-6H3,(H,17,18)(H,19,20). The summed E-state index contributed by atoms with van der Waals surface area (Å²) in [6.45, 7) is 10.8. The van der Waals surface area contributed by atoms with E-state index in [9.17, 15) is 4.79 Å². The van der Waals surface area contributed by atoms with Crippen LogP contribution in [0.15, 0.2) is 12.1 Å². The van der Waals surface area contributed by atoms with E-state index in [1.54, 1.807) is 6.07 Å². The first-order valence-corrected chi connectivity index (χ1v) is 7.23. The lowest BCUT2D eigenvalue weighted by molar-refractivity contribution is 0.0943. The molecule has 1 aromatic heterocycles. The number of carbonyl (C=O) groups is 1. The Morgan fingerprint density at radius 2 is 1.85 bits per heavy atom. The van der Waals surface area contributed by atoms with Gasteiger partial charge in [0, 0.05) is 24.3 Å². The van der Waals surface area contributed by atoms with Crippen LogP contribution in [0.3, 0.4) is 0 Å². The molecule has 2 N–H and O–H groups in total. The van der Waals surface area contributed by atoms with Crippen LogP contribution in [0, 0.1) is 10.8 Å². The van der Waals surface area contributed by atoms with Crippen molar-refractivity contribution in [2.45, 2.75) is 47.1 Å². The van der Waals surface area contributed by atoms with Crippen LogP contribution >= 0.6 is 0 Å². The molecule has 0 saturated heterocycles. The molecule has 0 radical (unpaired) electrons. The highest BCUT2D eigenvalue weighted by Crippen LogP contribution is 2.62. The molecule has 1 aromatic rings. The summed E-state index contributed by atoms with van der Waals surface area (Å²) in [5.41, 5.74) is 1.90. The molecular formula is C16H25N3O. The van der Waals surface area contributed by atoms with Crippen molar-refractivity contribution < 1.29 is 4.79 Å². The highest BCUT2D eigenvalue weighted by atomic mass is 16.1. The van der Waals surface area contributed by atoms with Gasteiger partial charge in [0.05, 0.1) is 0 Å². The molecule has 0 unspecified atom stereocenters. The number of nitrogens with one attached hydrogen (secondary N) is 2. The molecule has 0 aliphatic heterocycles. The van der Waals surface area contributed by atoms with E-state index in [-0.39, 0.29) is 22.8 Å². The molecule has 1 heterocycles. The van der Waals surface area contributed by atoms with Crippen LogP contribution in [0.1, 0.15) is 50.7 Å². The van der Waals surface area contributed by atoms with Crippen LogP contribution < -0.4 is 10.6 Å². The molecule has 1 fully saturated rings. The smallest absolute Gasteiger partial charge is 0.251 e. The lowest BCUT2D eigenvalue weighted by Crippen LogP contribution is -2.30. The van der Waals surface area contributed by atoms with Crippen molar-refractivity contribution in [1.29, 1.82) is 0 Å². The summed E-state index contributed by atoms with van der Waals surface area (Å²) >= 11 is 0. The first-order valence-electron chi connectivity index (χ1n) is 7.23. The van der Waals surface area contributed by atoms with Crippen molar-refractivity contribution >= 4 is 11.7 Å². The summed E-state index contributed by atoms with van der Waals surface area (Å²) < 4.78 is 0. The monoisotopic (exact) mass is 275 g/mol. The Labute approximate surface area is 121 Å². The second kappa shape index (κ2) is 4.76. The van der Waals surface area contributed by atoms with Crippen LogP contribution in [0.4, 0.5) is 5.82 Å². The highest BCUT2D eigenvalue weighted by molar-refractivity contribution is 5.95. The van der Waals surface area contributed by atoms with Crippen LogP contribution in [-0.4, -0.2) is 24.0 Å². The number of anilines is 1. The maximum Gasteiger partial charge on any atom is 0.251 e. The Morgan fingerprint density at radius 3 is 2.30 bits per heavy atom. The van der Waals surface area contributed by atoms with Gasteiger partial charge in [-0.1, -0.05) is 34.6 Å². The summed E-state index contributed by atoms with van der Waals surface area (Å²) in [5, 5.41) is 6.17. The SMILES string of the molecule is CCc1cc(C(=O)NC2C(C)(C)C2(C)C)cc(NC)n1. The largest absolute Gasteiger partial charge is 0.373 e. The zero-order chi connectivity index (χ0) is 15.1. The van der Waals surface area contributed by atoms with Gasteiger partial charge < -0.3 is 10.6 Å². The van der Waals surface area contributed by atoms with Crippen LogP contribution in [0.25, 0.3) is 0 Å². The number of carbonyl (C=O) groups excluding carboxylic acids is 1. The third-order valence-electron chi connectivity index (χ3n) is 5.06. The fraction of sp³-hybridized carbons (Fsp3) is 0.625. The zero-order valence-electron chi connectivity index (χ0n) is 13.3. The van der Waals surface area contributed by atoms with Crippen LogP contribution in [-0.2, 0) is 6.42 Å². The lowest BCUT2D eigenvalue weighted by atomic mass is 10.0. The summed E-state index contributed by atoms with van der Waals surface area (Å²) in [7, 11) is 1.82. The lowest BCUT2D eigenvalue weighted by Gasteiger charge is -2.10. The van der Waals surface area contributed by atoms with Crippen molar-refractivity contribution in [1.82, 2.24) is 10.3 Å². The van der Waals surface area contributed by atoms with Gasteiger partial charge >= 0.3 is 0 Å². The van der Waals surface area contributed by atoms with Crippen molar-refractivity contribution in [2.24, 2.45) is 10.8 Å². The van der Waals surface area contributed by atoms with Gasteiger partial charge in [-0.2, -0.15) is 0 Å². The first-order chi connectivity index (χ1) is 9.23. The number of hydrogen-bond acceptors (Lipinski definition) is 3. The van der Waals surface area contributed by atoms with Gasteiger partial charge in [0.15, 0.2) is 0 Å². The summed E-state index contributed by atoms with van der Waals surface area (Å²) in [6, 6.07) is 3.90. The van der Waals surface area contributed by atoms with E-state index >= 15 is 0 Å². The van der Waals surface area contributed by atoms with Gasteiger partial charge in [-0.15, -0.1) is 0 Å². The number of aryl methyl sites for hydroxylation is 1. The average Bonchev–Trinajstić information content (AvgIpc) is 2.80. The van der Waals surface area contributed by atoms with E-state index < -0.39 is 0 Å². The number of amides is 1. The average molecular weight is 275 g/mol.